The zero-order chi connectivity index (χ0) is 36.0. The molecule has 0 radical (unpaired) electrons. The van der Waals surface area contributed by atoms with Gasteiger partial charge in [-0.3, -0.25) is 14.5 Å². The van der Waals surface area contributed by atoms with Gasteiger partial charge in [-0.15, -0.1) is 0 Å². The van der Waals surface area contributed by atoms with E-state index in [9.17, 15) is 18.4 Å². The van der Waals surface area contributed by atoms with Crippen molar-refractivity contribution in [2.75, 3.05) is 6.61 Å². The summed E-state index contributed by atoms with van der Waals surface area (Å²) in [6.07, 6.45) is 5.32. The predicted octanol–water partition coefficient (Wildman–Crippen LogP) is 6.71. The van der Waals surface area contributed by atoms with E-state index in [2.05, 4.69) is 20.3 Å². The third-order valence-corrected chi connectivity index (χ3v) is 8.94. The number of alkyl halides is 2. The Balaban J connectivity index is 1.40. The molecule has 2 aliphatic rings. The highest BCUT2D eigenvalue weighted by molar-refractivity contribution is 6.33. The van der Waals surface area contributed by atoms with Crippen LogP contribution in [0.3, 0.4) is 0 Å². The summed E-state index contributed by atoms with van der Waals surface area (Å²) in [4.78, 5) is 39.7. The molecule has 1 aliphatic carbocycles. The van der Waals surface area contributed by atoms with Crippen molar-refractivity contribution in [3.8, 4) is 22.6 Å². The molecule has 50 heavy (non-hydrogen) atoms. The second kappa shape index (κ2) is 13.5. The number of carbonyl (C=O) groups excluding carboxylic acids is 2. The summed E-state index contributed by atoms with van der Waals surface area (Å²) in [6, 6.07) is 11.5. The molecule has 4 aromatic rings. The molecule has 12 nitrogen and oxygen atoms in total. The van der Waals surface area contributed by atoms with E-state index in [-0.39, 0.29) is 46.7 Å². The van der Waals surface area contributed by atoms with Crippen LogP contribution in [0.4, 0.5) is 8.78 Å². The molecule has 6 rings (SSSR count). The number of ether oxygens (including phenoxy) is 1. The molecular weight excluding hydrogens is 668 g/mol. The first kappa shape index (κ1) is 35.1. The van der Waals surface area contributed by atoms with Crippen molar-refractivity contribution >= 4 is 29.4 Å². The lowest BCUT2D eigenvalue weighted by Gasteiger charge is -2.35. The SMILES string of the molecule is CC(C)CC(=O)OC[C@H](c1ccc(Cl)c(-c2ncnn2C(F)F)c1)N1C(=O)[C@@](CC(C)(C)C)(c2ccc(-c3cnn(C4CC4)n3)cc2)N=C1N. The highest BCUT2D eigenvalue weighted by Crippen LogP contribution is 2.45. The minimum atomic E-state index is -2.97. The number of hydrogen-bond acceptors (Lipinski definition) is 9. The van der Waals surface area contributed by atoms with E-state index in [1.165, 1.54) is 17.0 Å². The minimum absolute atomic E-state index is 0.0319. The van der Waals surface area contributed by atoms with Gasteiger partial charge in [0.2, 0.25) is 0 Å². The largest absolute Gasteiger partial charge is 0.463 e. The van der Waals surface area contributed by atoms with Crippen LogP contribution in [0.2, 0.25) is 5.02 Å². The third kappa shape index (κ3) is 7.11. The van der Waals surface area contributed by atoms with Crippen molar-refractivity contribution in [2.24, 2.45) is 22.1 Å². The Kier molecular flexibility index (Phi) is 9.51. The summed E-state index contributed by atoms with van der Waals surface area (Å²) in [5.41, 5.74) is 7.60. The van der Waals surface area contributed by atoms with Gasteiger partial charge in [-0.1, -0.05) is 76.6 Å². The summed E-state index contributed by atoms with van der Waals surface area (Å²) >= 11 is 6.50. The Morgan fingerprint density at radius 1 is 1.12 bits per heavy atom. The molecule has 2 aromatic heterocycles. The average Bonchev–Trinajstić information content (AvgIpc) is 3.45. The van der Waals surface area contributed by atoms with Crippen molar-refractivity contribution in [3.05, 3.63) is 71.1 Å². The van der Waals surface area contributed by atoms with E-state index >= 15 is 0 Å². The molecule has 264 valence electrons. The van der Waals surface area contributed by atoms with Crippen molar-refractivity contribution in [1.29, 1.82) is 0 Å². The van der Waals surface area contributed by atoms with E-state index in [1.54, 1.807) is 17.1 Å². The number of hydrogen-bond donors (Lipinski definition) is 1. The Morgan fingerprint density at radius 2 is 1.84 bits per heavy atom. The standard InChI is InChI=1S/C35H40ClF2N9O3/c1-20(2)14-29(48)50-17-28(22-8-13-26(36)25(15-22)30-40-19-42-46(30)32(37)38)45-31(49)35(43-33(45)39,18-34(3,4)5)23-9-6-21(7-10-23)27-16-41-47(44-27)24-11-12-24/h6-10,13,15-16,19-20,24,28,32H,11-12,14,17-18H2,1-5H3,(H2,39,43)/t28-,35-/m1/s1. The maximum Gasteiger partial charge on any atom is 0.335 e. The van der Waals surface area contributed by atoms with Crippen molar-refractivity contribution in [1.82, 2.24) is 34.7 Å². The van der Waals surface area contributed by atoms with Gasteiger partial charge in [-0.2, -0.15) is 33.6 Å². The van der Waals surface area contributed by atoms with Gasteiger partial charge in [0.05, 0.1) is 23.3 Å². The van der Waals surface area contributed by atoms with E-state index in [1.807, 2.05) is 58.9 Å². The van der Waals surface area contributed by atoms with Crippen molar-refractivity contribution in [2.45, 2.75) is 84.5 Å². The number of rotatable bonds is 12. The van der Waals surface area contributed by atoms with Crippen LogP contribution in [-0.2, 0) is 19.9 Å². The first-order valence-corrected chi connectivity index (χ1v) is 16.9. The lowest BCUT2D eigenvalue weighted by molar-refractivity contribution is -0.148. The van der Waals surface area contributed by atoms with Crippen LogP contribution in [0.1, 0.15) is 90.1 Å². The monoisotopic (exact) mass is 707 g/mol. The van der Waals surface area contributed by atoms with E-state index < -0.39 is 30.0 Å². The number of nitrogens with two attached hydrogens (primary N) is 1. The lowest BCUT2D eigenvalue weighted by atomic mass is 9.75. The number of nitrogens with zero attached hydrogens (tertiary/aromatic N) is 8. The second-order valence-electron chi connectivity index (χ2n) is 14.4. The molecule has 0 spiro atoms. The first-order chi connectivity index (χ1) is 23.7. The zero-order valence-electron chi connectivity index (χ0n) is 28.6. The lowest BCUT2D eigenvalue weighted by Crippen LogP contribution is -2.47. The van der Waals surface area contributed by atoms with Crippen LogP contribution in [-0.4, -0.2) is 59.1 Å². The Labute approximate surface area is 293 Å². The van der Waals surface area contributed by atoms with E-state index in [0.29, 0.717) is 28.3 Å². The Bertz CT molecular complexity index is 1910. The summed E-state index contributed by atoms with van der Waals surface area (Å²) in [6.45, 7) is 6.55. The van der Waals surface area contributed by atoms with Gasteiger partial charge in [0.1, 0.15) is 18.6 Å². The fourth-order valence-corrected chi connectivity index (χ4v) is 6.47. The molecule has 1 fully saturated rings. The number of amides is 1. The maximum atomic E-state index is 14.9. The summed E-state index contributed by atoms with van der Waals surface area (Å²) < 4.78 is 33.8. The van der Waals surface area contributed by atoms with Gasteiger partial charge >= 0.3 is 12.5 Å². The Hall–Kier alpha value is -4.72. The van der Waals surface area contributed by atoms with Gasteiger partial charge in [0, 0.05) is 17.5 Å². The van der Waals surface area contributed by atoms with Crippen molar-refractivity contribution < 1.29 is 23.1 Å². The van der Waals surface area contributed by atoms with Gasteiger partial charge in [0.25, 0.3) is 5.91 Å². The molecular formula is C35H40ClF2N9O3. The minimum Gasteiger partial charge on any atom is -0.463 e. The third-order valence-electron chi connectivity index (χ3n) is 8.61. The Morgan fingerprint density at radius 3 is 2.48 bits per heavy atom. The molecule has 2 N–H and O–H groups in total. The molecule has 0 unspecified atom stereocenters. The van der Waals surface area contributed by atoms with Crippen LogP contribution < -0.4 is 5.73 Å². The van der Waals surface area contributed by atoms with Gasteiger partial charge in [0.15, 0.2) is 17.3 Å². The first-order valence-electron chi connectivity index (χ1n) is 16.5. The fraction of sp³-hybridized carbons (Fsp3) is 0.457. The van der Waals surface area contributed by atoms with E-state index in [4.69, 9.17) is 27.1 Å². The molecule has 3 heterocycles. The molecule has 2 atom stereocenters. The zero-order valence-corrected chi connectivity index (χ0v) is 29.3. The fourth-order valence-electron chi connectivity index (χ4n) is 6.27. The molecule has 1 amide bonds. The summed E-state index contributed by atoms with van der Waals surface area (Å²) in [5, 5.41) is 12.8. The van der Waals surface area contributed by atoms with Gasteiger partial charge in [-0.05, 0) is 53.9 Å². The number of halogens is 3. The topological polar surface area (TPSA) is 146 Å². The number of esters is 1. The number of aromatic nitrogens is 6. The summed E-state index contributed by atoms with van der Waals surface area (Å²) in [5.74, 6) is -1.10. The normalized spacial score (nSPS) is 18.6. The van der Waals surface area contributed by atoms with Crippen LogP contribution in [0.15, 0.2) is 60.0 Å². The van der Waals surface area contributed by atoms with Crippen LogP contribution in [0.5, 0.6) is 0 Å². The highest BCUT2D eigenvalue weighted by Gasteiger charge is 2.53. The van der Waals surface area contributed by atoms with Crippen LogP contribution >= 0.6 is 11.6 Å². The predicted molar refractivity (Wildman–Crippen MR) is 183 cm³/mol. The van der Waals surface area contributed by atoms with Gasteiger partial charge in [-0.25, -0.2) is 9.98 Å². The number of aliphatic imine (C=N–C) groups is 1. The smallest absolute Gasteiger partial charge is 0.335 e. The molecule has 15 heteroatoms. The molecule has 1 aliphatic heterocycles. The molecule has 0 bridgehead atoms. The number of guanidine groups is 1. The second-order valence-corrected chi connectivity index (χ2v) is 14.9. The quantitative estimate of drug-likeness (QED) is 0.160. The van der Waals surface area contributed by atoms with Crippen LogP contribution in [0, 0.1) is 11.3 Å². The molecule has 1 saturated carbocycles. The highest BCUT2D eigenvalue weighted by atomic mass is 35.5. The number of carbonyl (C=O) groups is 2. The number of benzene rings is 2. The average molecular weight is 708 g/mol. The van der Waals surface area contributed by atoms with Crippen LogP contribution in [0.25, 0.3) is 22.6 Å². The molecule has 2 aromatic carbocycles. The summed E-state index contributed by atoms with van der Waals surface area (Å²) in [7, 11) is 0. The van der Waals surface area contributed by atoms with E-state index in [0.717, 1.165) is 30.4 Å². The van der Waals surface area contributed by atoms with Gasteiger partial charge < -0.3 is 10.5 Å². The maximum absolute atomic E-state index is 14.9. The molecule has 0 saturated heterocycles. The van der Waals surface area contributed by atoms with Crippen molar-refractivity contribution in [3.63, 3.8) is 0 Å².